The number of sulfonamides is 1. The number of hydrogen-bond acceptors (Lipinski definition) is 6. The van der Waals surface area contributed by atoms with Crippen molar-refractivity contribution < 1.29 is 21.6 Å². The van der Waals surface area contributed by atoms with E-state index in [1.165, 1.54) is 12.4 Å². The second-order valence-electron chi connectivity index (χ2n) is 10.1. The van der Waals surface area contributed by atoms with Crippen LogP contribution in [0.5, 0.6) is 0 Å². The Morgan fingerprint density at radius 2 is 1.76 bits per heavy atom. The van der Waals surface area contributed by atoms with E-state index in [1.54, 1.807) is 42.5 Å². The first-order chi connectivity index (χ1) is 17.6. The van der Waals surface area contributed by atoms with Crippen LogP contribution in [0.2, 0.25) is 0 Å². The van der Waals surface area contributed by atoms with Gasteiger partial charge in [0, 0.05) is 37.0 Å². The van der Waals surface area contributed by atoms with Gasteiger partial charge in [-0.15, -0.1) is 0 Å². The van der Waals surface area contributed by atoms with Gasteiger partial charge in [-0.3, -0.25) is 4.90 Å². The first-order valence-electron chi connectivity index (χ1n) is 12.4. The highest BCUT2D eigenvalue weighted by Gasteiger charge is 2.46. The van der Waals surface area contributed by atoms with Crippen molar-refractivity contribution in [3.63, 3.8) is 0 Å². The van der Waals surface area contributed by atoms with Crippen molar-refractivity contribution in [1.82, 2.24) is 19.6 Å². The van der Waals surface area contributed by atoms with Gasteiger partial charge in [-0.05, 0) is 49.1 Å². The molecule has 198 valence electrons. The highest BCUT2D eigenvalue weighted by molar-refractivity contribution is 7.89. The second-order valence-corrected chi connectivity index (χ2v) is 11.8. The van der Waals surface area contributed by atoms with Gasteiger partial charge in [-0.2, -0.15) is 17.9 Å². The number of benzene rings is 2. The third-order valence-electron chi connectivity index (χ3n) is 7.47. The Morgan fingerprint density at radius 1 is 1.05 bits per heavy atom. The first kappa shape index (κ1) is 25.9. The van der Waals surface area contributed by atoms with Crippen molar-refractivity contribution >= 4 is 26.7 Å². The van der Waals surface area contributed by atoms with Crippen LogP contribution in [0.25, 0.3) is 10.9 Å². The maximum Gasteiger partial charge on any atom is 0.393 e. The zero-order chi connectivity index (χ0) is 26.3. The molecule has 7 nitrogen and oxygen atoms in total. The minimum atomic E-state index is -4.27. The Hall–Kier alpha value is -2.76. The van der Waals surface area contributed by atoms with Gasteiger partial charge in [0.15, 0.2) is 0 Å². The summed E-state index contributed by atoms with van der Waals surface area (Å²) in [5.41, 5.74) is 0.917. The third-order valence-corrected chi connectivity index (χ3v) is 8.94. The first-order valence-corrected chi connectivity index (χ1v) is 13.9. The molecule has 3 aromatic rings. The number of alkyl halides is 3. The number of halogens is 3. The molecular formula is C26H30F3N5O2S. The molecule has 11 heteroatoms. The van der Waals surface area contributed by atoms with E-state index in [4.69, 9.17) is 0 Å². The van der Waals surface area contributed by atoms with Crippen molar-refractivity contribution in [3.8, 4) is 0 Å². The average Bonchev–Trinajstić information content (AvgIpc) is 2.85. The van der Waals surface area contributed by atoms with Crippen LogP contribution < -0.4 is 9.62 Å². The quantitative estimate of drug-likeness (QED) is 0.487. The fourth-order valence-electron chi connectivity index (χ4n) is 5.49. The standard InChI is InChI=1S/C26H30F3N5O2S/c1-2-23(32-37(35,36)20-6-4-3-5-7-20)33-12-10-25(11-13-33)16-34(17-25)24-21-14-19(15-26(27,28)29)8-9-22(21)30-18-31-24/h3-9,14,18,23,32H,2,10-13,15-17H2,1H3. The Bertz CT molecular complexity index is 1350. The summed E-state index contributed by atoms with van der Waals surface area (Å²) in [5.74, 6) is 0.670. The molecule has 1 spiro atoms. The fourth-order valence-corrected chi connectivity index (χ4v) is 6.81. The number of nitrogens with zero attached hydrogens (tertiary/aromatic N) is 4. The largest absolute Gasteiger partial charge is 0.393 e. The zero-order valence-electron chi connectivity index (χ0n) is 20.6. The van der Waals surface area contributed by atoms with Gasteiger partial charge in [-0.25, -0.2) is 18.4 Å². The normalized spacial score (nSPS) is 19.2. The summed E-state index contributed by atoms with van der Waals surface area (Å²) < 4.78 is 67.3. The molecule has 0 saturated carbocycles. The van der Waals surface area contributed by atoms with Crippen molar-refractivity contribution in [3.05, 3.63) is 60.4 Å². The predicted octanol–water partition coefficient (Wildman–Crippen LogP) is 4.35. The van der Waals surface area contributed by atoms with Crippen LogP contribution in [0.3, 0.4) is 0 Å². The summed E-state index contributed by atoms with van der Waals surface area (Å²) in [7, 11) is -3.61. The molecule has 0 aliphatic carbocycles. The summed E-state index contributed by atoms with van der Waals surface area (Å²) in [6.45, 7) is 5.04. The molecule has 2 aliphatic heterocycles. The molecule has 2 fully saturated rings. The molecule has 2 aliphatic rings. The van der Waals surface area contributed by atoms with Crippen molar-refractivity contribution in [2.45, 2.75) is 49.8 Å². The van der Waals surface area contributed by atoms with Crippen LogP contribution in [0, 0.1) is 5.41 Å². The molecule has 2 saturated heterocycles. The fraction of sp³-hybridized carbons (Fsp3) is 0.462. The highest BCUT2D eigenvalue weighted by Crippen LogP contribution is 2.44. The SMILES string of the molecule is CCC(NS(=O)(=O)c1ccccc1)N1CCC2(CC1)CN(c1ncnc3ccc(CC(F)(F)F)cc13)C2. The van der Waals surface area contributed by atoms with Crippen molar-refractivity contribution in [2.75, 3.05) is 31.1 Å². The molecule has 3 heterocycles. The van der Waals surface area contributed by atoms with E-state index in [0.717, 1.165) is 39.0 Å². The third kappa shape index (κ3) is 5.58. The summed E-state index contributed by atoms with van der Waals surface area (Å²) in [4.78, 5) is 13.2. The summed E-state index contributed by atoms with van der Waals surface area (Å²) >= 11 is 0. The molecule has 2 aromatic carbocycles. The van der Waals surface area contributed by atoms with Gasteiger partial charge >= 0.3 is 6.18 Å². The van der Waals surface area contributed by atoms with Gasteiger partial charge < -0.3 is 4.90 Å². The zero-order valence-corrected chi connectivity index (χ0v) is 21.4. The van der Waals surface area contributed by atoms with Gasteiger partial charge in [-0.1, -0.05) is 31.2 Å². The van der Waals surface area contributed by atoms with Crippen LogP contribution in [0.15, 0.2) is 59.8 Å². The van der Waals surface area contributed by atoms with Crippen LogP contribution in [-0.2, 0) is 16.4 Å². The topological polar surface area (TPSA) is 78.4 Å². The summed E-state index contributed by atoms with van der Waals surface area (Å²) in [6, 6.07) is 13.0. The molecule has 0 radical (unpaired) electrons. The van der Waals surface area contributed by atoms with Crippen LogP contribution in [-0.4, -0.2) is 61.8 Å². The predicted molar refractivity (Wildman–Crippen MR) is 136 cm³/mol. The van der Waals surface area contributed by atoms with Gasteiger partial charge in [0.25, 0.3) is 0 Å². The van der Waals surface area contributed by atoms with E-state index in [9.17, 15) is 21.6 Å². The molecule has 1 N–H and O–H groups in total. The molecule has 5 rings (SSSR count). The summed E-state index contributed by atoms with van der Waals surface area (Å²) in [5, 5.41) is 0.637. The van der Waals surface area contributed by atoms with Gasteiger partial charge in [0.1, 0.15) is 12.1 Å². The highest BCUT2D eigenvalue weighted by atomic mass is 32.2. The Balaban J connectivity index is 1.23. The van der Waals surface area contributed by atoms with E-state index >= 15 is 0 Å². The van der Waals surface area contributed by atoms with E-state index < -0.39 is 22.6 Å². The lowest BCUT2D eigenvalue weighted by Crippen LogP contribution is -2.62. The lowest BCUT2D eigenvalue weighted by Gasteiger charge is -2.55. The molecule has 1 unspecified atom stereocenters. The van der Waals surface area contributed by atoms with Crippen LogP contribution >= 0.6 is 0 Å². The van der Waals surface area contributed by atoms with Gasteiger partial charge in [0.2, 0.25) is 10.0 Å². The maximum atomic E-state index is 12.9. The summed E-state index contributed by atoms with van der Waals surface area (Å²) in [6.07, 6.45) is -1.60. The minimum Gasteiger partial charge on any atom is -0.355 e. The number of aromatic nitrogens is 2. The van der Waals surface area contributed by atoms with Crippen molar-refractivity contribution in [2.24, 2.45) is 5.41 Å². The lowest BCUT2D eigenvalue weighted by molar-refractivity contribution is -0.127. The lowest BCUT2D eigenvalue weighted by atomic mass is 9.72. The molecule has 1 aromatic heterocycles. The Labute approximate surface area is 214 Å². The number of hydrogen-bond donors (Lipinski definition) is 1. The van der Waals surface area contributed by atoms with Crippen LogP contribution in [0.1, 0.15) is 31.7 Å². The van der Waals surface area contributed by atoms with Crippen LogP contribution in [0.4, 0.5) is 19.0 Å². The second kappa shape index (κ2) is 9.85. The molecule has 1 atom stereocenters. The Kier molecular flexibility index (Phi) is 6.88. The van der Waals surface area contributed by atoms with Crippen molar-refractivity contribution in [1.29, 1.82) is 0 Å². The molecule has 0 bridgehead atoms. The number of fused-ring (bicyclic) bond motifs is 1. The monoisotopic (exact) mass is 533 g/mol. The maximum absolute atomic E-state index is 12.9. The smallest absolute Gasteiger partial charge is 0.355 e. The van der Waals surface area contributed by atoms with Gasteiger partial charge in [0.05, 0.1) is 23.0 Å². The average molecular weight is 534 g/mol. The number of piperidine rings is 1. The van der Waals surface area contributed by atoms with E-state index in [1.807, 2.05) is 6.92 Å². The van der Waals surface area contributed by atoms with E-state index in [2.05, 4.69) is 24.5 Å². The molecule has 0 amide bonds. The number of anilines is 1. The molecule has 37 heavy (non-hydrogen) atoms. The molecular weight excluding hydrogens is 503 g/mol. The Morgan fingerprint density at radius 3 is 2.41 bits per heavy atom. The number of likely N-dealkylation sites (tertiary alicyclic amines) is 1. The van der Waals surface area contributed by atoms with E-state index in [0.29, 0.717) is 23.1 Å². The number of rotatable bonds is 7. The minimum absolute atomic E-state index is 0.0912. The number of nitrogens with one attached hydrogen (secondary N) is 1. The van der Waals surface area contributed by atoms with E-state index in [-0.39, 0.29) is 22.0 Å².